The minimum absolute atomic E-state index is 0.0282. The summed E-state index contributed by atoms with van der Waals surface area (Å²) in [5.41, 5.74) is 2.24. The van der Waals surface area contributed by atoms with Crippen LogP contribution in [0.5, 0.6) is 17.5 Å². The Hall–Kier alpha value is -4.12. The molecule has 3 aromatic rings. The predicted molar refractivity (Wildman–Crippen MR) is 120 cm³/mol. The second-order valence-corrected chi connectivity index (χ2v) is 8.47. The maximum Gasteiger partial charge on any atom is 0.404 e. The van der Waals surface area contributed by atoms with Gasteiger partial charge in [-0.05, 0) is 41.5 Å². The highest BCUT2D eigenvalue weighted by atomic mass is 16.5. The van der Waals surface area contributed by atoms with E-state index in [0.29, 0.717) is 18.6 Å². The van der Waals surface area contributed by atoms with Gasteiger partial charge in [0.25, 0.3) is 0 Å². The fourth-order valence-corrected chi connectivity index (χ4v) is 3.76. The maximum atomic E-state index is 10.7. The fraction of sp³-hybridized carbons (Fsp3) is 0.280. The van der Waals surface area contributed by atoms with Crippen molar-refractivity contribution in [2.45, 2.75) is 44.2 Å². The molecule has 0 radical (unpaired) electrons. The first-order valence-electron chi connectivity index (χ1n) is 10.6. The van der Waals surface area contributed by atoms with Gasteiger partial charge in [0.15, 0.2) is 0 Å². The smallest absolute Gasteiger partial charge is 0.404 e. The van der Waals surface area contributed by atoms with Gasteiger partial charge < -0.3 is 19.9 Å². The number of hydrogen-bond donors (Lipinski definition) is 2. The molecule has 1 saturated carbocycles. The topological polar surface area (TPSA) is 117 Å². The molecular weight excluding hydrogens is 420 g/mol. The van der Waals surface area contributed by atoms with E-state index in [-0.39, 0.29) is 29.3 Å². The van der Waals surface area contributed by atoms with Crippen LogP contribution in [0.25, 0.3) is 0 Å². The number of nitrogens with zero attached hydrogens (tertiary/aromatic N) is 3. The number of nitrogens with one attached hydrogen (secondary N) is 1. The molecule has 1 aliphatic carbocycles. The predicted octanol–water partition coefficient (Wildman–Crippen LogP) is 4.64. The number of carbonyl (C=O) groups is 1. The van der Waals surface area contributed by atoms with Crippen LogP contribution in [0.4, 0.5) is 4.79 Å². The lowest BCUT2D eigenvalue weighted by atomic mass is 9.78. The Balaban J connectivity index is 1.38. The van der Waals surface area contributed by atoms with Crippen LogP contribution in [-0.2, 0) is 5.41 Å². The molecule has 0 atom stereocenters. The van der Waals surface area contributed by atoms with Crippen molar-refractivity contribution in [2.75, 3.05) is 0 Å². The molecule has 0 unspecified atom stereocenters. The molecule has 0 bridgehead atoms. The van der Waals surface area contributed by atoms with E-state index < -0.39 is 6.09 Å². The molecule has 2 aromatic carbocycles. The van der Waals surface area contributed by atoms with E-state index in [2.05, 4.69) is 29.1 Å². The highest BCUT2D eigenvalue weighted by Gasteiger charge is 2.32. The van der Waals surface area contributed by atoms with Gasteiger partial charge in [-0.25, -0.2) is 9.78 Å². The molecule has 8 heteroatoms. The molecule has 168 valence electrons. The van der Waals surface area contributed by atoms with Crippen LogP contribution in [0, 0.1) is 11.3 Å². The quantitative estimate of drug-likeness (QED) is 0.545. The van der Waals surface area contributed by atoms with Gasteiger partial charge in [-0.2, -0.15) is 10.2 Å². The van der Waals surface area contributed by atoms with Gasteiger partial charge in [-0.15, -0.1) is 0 Å². The molecule has 0 saturated heterocycles. The summed E-state index contributed by atoms with van der Waals surface area (Å²) in [6, 6.07) is 19.3. The lowest BCUT2D eigenvalue weighted by molar-refractivity contribution is 0.0833. The number of rotatable bonds is 7. The van der Waals surface area contributed by atoms with Gasteiger partial charge in [0.1, 0.15) is 29.4 Å². The van der Waals surface area contributed by atoms with Crippen molar-refractivity contribution in [3.05, 3.63) is 77.6 Å². The first kappa shape index (κ1) is 22.1. The SMILES string of the molecule is CC(C)(c1ccc(Oc2nccc(C#N)n2)cc1)c1ccc(O[C@H]2C[C@H](NC(=O)O)C2)cc1. The van der Waals surface area contributed by atoms with Gasteiger partial charge in [0.2, 0.25) is 0 Å². The van der Waals surface area contributed by atoms with E-state index in [0.717, 1.165) is 16.9 Å². The number of benzene rings is 2. The number of hydrogen-bond acceptors (Lipinski definition) is 6. The van der Waals surface area contributed by atoms with Crippen molar-refractivity contribution in [1.82, 2.24) is 15.3 Å². The first-order valence-corrected chi connectivity index (χ1v) is 10.6. The van der Waals surface area contributed by atoms with Crippen LogP contribution in [0.15, 0.2) is 60.8 Å². The van der Waals surface area contributed by atoms with E-state index in [4.69, 9.17) is 19.8 Å². The molecule has 1 heterocycles. The summed E-state index contributed by atoms with van der Waals surface area (Å²) in [4.78, 5) is 18.7. The molecule has 8 nitrogen and oxygen atoms in total. The lowest BCUT2D eigenvalue weighted by Gasteiger charge is -2.35. The zero-order valence-electron chi connectivity index (χ0n) is 18.4. The Labute approximate surface area is 191 Å². The van der Waals surface area contributed by atoms with Crippen LogP contribution < -0.4 is 14.8 Å². The Morgan fingerprint density at radius 2 is 1.67 bits per heavy atom. The van der Waals surface area contributed by atoms with Crippen molar-refractivity contribution in [3.63, 3.8) is 0 Å². The van der Waals surface area contributed by atoms with Crippen molar-refractivity contribution in [3.8, 4) is 23.6 Å². The lowest BCUT2D eigenvalue weighted by Crippen LogP contribution is -2.48. The largest absolute Gasteiger partial charge is 0.490 e. The Kier molecular flexibility index (Phi) is 6.13. The second kappa shape index (κ2) is 9.17. The number of aromatic nitrogens is 2. The van der Waals surface area contributed by atoms with E-state index in [1.54, 1.807) is 0 Å². The van der Waals surface area contributed by atoms with Gasteiger partial charge in [0, 0.05) is 30.5 Å². The maximum absolute atomic E-state index is 10.7. The van der Waals surface area contributed by atoms with E-state index >= 15 is 0 Å². The summed E-state index contributed by atoms with van der Waals surface area (Å²) in [5, 5.41) is 20.2. The summed E-state index contributed by atoms with van der Waals surface area (Å²) >= 11 is 0. The van der Waals surface area contributed by atoms with Crippen LogP contribution in [0.2, 0.25) is 0 Å². The van der Waals surface area contributed by atoms with Crippen molar-refractivity contribution < 1.29 is 19.4 Å². The molecule has 1 fully saturated rings. The van der Waals surface area contributed by atoms with E-state index in [9.17, 15) is 4.79 Å². The van der Waals surface area contributed by atoms with Gasteiger partial charge in [-0.3, -0.25) is 0 Å². The normalized spacial score (nSPS) is 17.4. The monoisotopic (exact) mass is 444 g/mol. The average Bonchev–Trinajstić information content (AvgIpc) is 2.78. The summed E-state index contributed by atoms with van der Waals surface area (Å²) in [7, 11) is 0. The number of ether oxygens (including phenoxy) is 2. The molecule has 0 spiro atoms. The van der Waals surface area contributed by atoms with Crippen LogP contribution in [0.1, 0.15) is 43.5 Å². The summed E-state index contributed by atoms with van der Waals surface area (Å²) in [6.07, 6.45) is 1.89. The number of amides is 1. The third-order valence-corrected chi connectivity index (χ3v) is 5.83. The zero-order chi connectivity index (χ0) is 23.4. The minimum atomic E-state index is -0.994. The average molecular weight is 444 g/mol. The van der Waals surface area contributed by atoms with Crippen molar-refractivity contribution in [1.29, 1.82) is 5.26 Å². The minimum Gasteiger partial charge on any atom is -0.490 e. The van der Waals surface area contributed by atoms with Crippen LogP contribution in [0.3, 0.4) is 0 Å². The third kappa shape index (κ3) is 5.21. The Morgan fingerprint density at radius 1 is 1.06 bits per heavy atom. The van der Waals surface area contributed by atoms with Gasteiger partial charge in [0.05, 0.1) is 0 Å². The molecule has 4 rings (SSSR count). The zero-order valence-corrected chi connectivity index (χ0v) is 18.4. The fourth-order valence-electron chi connectivity index (χ4n) is 3.76. The Morgan fingerprint density at radius 3 is 2.24 bits per heavy atom. The Bertz CT molecular complexity index is 1160. The van der Waals surface area contributed by atoms with Crippen molar-refractivity contribution in [2.24, 2.45) is 0 Å². The van der Waals surface area contributed by atoms with E-state index in [1.807, 2.05) is 54.6 Å². The van der Waals surface area contributed by atoms with Crippen LogP contribution in [-0.4, -0.2) is 33.3 Å². The second-order valence-electron chi connectivity index (χ2n) is 8.47. The third-order valence-electron chi connectivity index (χ3n) is 5.83. The molecule has 1 aromatic heterocycles. The molecule has 33 heavy (non-hydrogen) atoms. The highest BCUT2D eigenvalue weighted by Crippen LogP contribution is 2.34. The molecule has 0 aliphatic heterocycles. The molecule has 1 aliphatic rings. The van der Waals surface area contributed by atoms with Gasteiger partial charge >= 0.3 is 12.1 Å². The standard InChI is InChI=1S/C25H24N4O4/c1-25(2,16-3-7-20(8-4-16)32-22-13-19(14-22)29-24(30)31)17-5-9-21(10-6-17)33-23-27-12-11-18(15-26)28-23/h3-12,19,22,29H,13-14H2,1-2H3,(H,30,31)/t19-,22-. The summed E-state index contributed by atoms with van der Waals surface area (Å²) < 4.78 is 11.6. The van der Waals surface area contributed by atoms with E-state index in [1.165, 1.54) is 12.3 Å². The first-order chi connectivity index (χ1) is 15.8. The van der Waals surface area contributed by atoms with Crippen molar-refractivity contribution >= 4 is 6.09 Å². The highest BCUT2D eigenvalue weighted by molar-refractivity contribution is 5.65. The molecule has 2 N–H and O–H groups in total. The van der Waals surface area contributed by atoms with Gasteiger partial charge in [-0.1, -0.05) is 38.1 Å². The number of nitriles is 1. The molecular formula is C25H24N4O4. The number of carboxylic acid groups (broad SMARTS) is 1. The summed E-state index contributed by atoms with van der Waals surface area (Å²) in [5.74, 6) is 1.36. The van der Waals surface area contributed by atoms with Crippen LogP contribution >= 0.6 is 0 Å². The molecule has 1 amide bonds. The summed E-state index contributed by atoms with van der Waals surface area (Å²) in [6.45, 7) is 4.29.